The zero-order valence-electron chi connectivity index (χ0n) is 23.8. The van der Waals surface area contributed by atoms with E-state index in [1.165, 1.54) is 10.8 Å². The van der Waals surface area contributed by atoms with Crippen LogP contribution in [0.4, 0.5) is 5.69 Å². The summed E-state index contributed by atoms with van der Waals surface area (Å²) in [5.74, 6) is -2.54. The van der Waals surface area contributed by atoms with E-state index in [0.717, 1.165) is 39.5 Å². The third-order valence-electron chi connectivity index (χ3n) is 7.04. The van der Waals surface area contributed by atoms with Gasteiger partial charge in [-0.2, -0.15) is 5.26 Å². The molecule has 3 heterocycles. The van der Waals surface area contributed by atoms with Crippen LogP contribution in [0.5, 0.6) is 0 Å². The number of sulfone groups is 1. The number of aromatic nitrogens is 2. The molecule has 3 N–H and O–H groups in total. The molecule has 0 amide bonds. The first-order valence-electron chi connectivity index (χ1n) is 13.5. The zero-order chi connectivity index (χ0) is 32.2. The van der Waals surface area contributed by atoms with Crippen molar-refractivity contribution in [3.05, 3.63) is 23.0 Å². The average molecular weight is 679 g/mol. The van der Waals surface area contributed by atoms with Crippen LogP contribution in [-0.2, 0) is 47.2 Å². The van der Waals surface area contributed by atoms with Crippen molar-refractivity contribution in [2.75, 3.05) is 30.1 Å². The first-order chi connectivity index (χ1) is 20.7. The molecule has 44 heavy (non-hydrogen) atoms. The Hall–Kier alpha value is -2.81. The standard InChI is InChI=1S/C25H32ClN4O12PS/c1-14(31)38-11-40-43(35,41-12-39-15(2)32)13-44(36,37)10-19-21(33)22(34)25(42-19)30-8-7-17-20(28-16-5-3-4-6-16)18(9-27)23(26)29-24(17)30/h7-8,16,19,21-22,25,33-34H,3-6,10-13H2,1-2H3,(H,28,29)/t19-,21-,22-,25-/m1/s1. The van der Waals surface area contributed by atoms with Gasteiger partial charge in [0.05, 0.1) is 11.4 Å². The summed E-state index contributed by atoms with van der Waals surface area (Å²) in [7, 11) is -9.01. The molecule has 2 aromatic rings. The van der Waals surface area contributed by atoms with E-state index >= 15 is 0 Å². The number of nitrogens with one attached hydrogen (secondary N) is 1. The molecule has 2 aliphatic rings. The number of anilines is 1. The molecule has 4 rings (SSSR count). The third-order valence-corrected chi connectivity index (χ3v) is 12.0. The number of carbonyl (C=O) groups is 2. The van der Waals surface area contributed by atoms with Gasteiger partial charge >= 0.3 is 19.5 Å². The SMILES string of the molecule is CC(=O)OCOP(=O)(CS(=O)(=O)C[C@H]1O[C@@H](n2ccc3c(NC4CCCC4)c(C#N)c(Cl)nc32)[C@H](O)[C@@H]1O)OCOC(C)=O. The highest BCUT2D eigenvalue weighted by Gasteiger charge is 2.47. The van der Waals surface area contributed by atoms with Crippen LogP contribution in [0.1, 0.15) is 51.3 Å². The fourth-order valence-corrected chi connectivity index (χ4v) is 9.44. The van der Waals surface area contributed by atoms with Crippen molar-refractivity contribution < 1.29 is 56.0 Å². The van der Waals surface area contributed by atoms with Gasteiger partial charge in [-0.25, -0.2) is 13.4 Å². The van der Waals surface area contributed by atoms with E-state index in [0.29, 0.717) is 11.1 Å². The number of pyridine rings is 1. The molecule has 1 saturated carbocycles. The van der Waals surface area contributed by atoms with Crippen LogP contribution in [0, 0.1) is 11.3 Å². The van der Waals surface area contributed by atoms with Crippen LogP contribution in [0.15, 0.2) is 12.3 Å². The van der Waals surface area contributed by atoms with Crippen LogP contribution in [0.2, 0.25) is 5.15 Å². The molecule has 16 nitrogen and oxygen atoms in total. The fourth-order valence-electron chi connectivity index (χ4n) is 5.00. The molecule has 242 valence electrons. The molecular weight excluding hydrogens is 647 g/mol. The Bertz CT molecular complexity index is 1570. The summed E-state index contributed by atoms with van der Waals surface area (Å²) in [6, 6.07) is 3.83. The van der Waals surface area contributed by atoms with Gasteiger partial charge in [0.1, 0.15) is 35.6 Å². The first-order valence-corrected chi connectivity index (χ1v) is 17.4. The number of fused-ring (bicyclic) bond motifs is 1. The second-order valence-electron chi connectivity index (χ2n) is 10.3. The van der Waals surface area contributed by atoms with Gasteiger partial charge in [-0.15, -0.1) is 0 Å². The third kappa shape index (κ3) is 8.06. The topological polar surface area (TPSA) is 226 Å². The van der Waals surface area contributed by atoms with E-state index in [9.17, 15) is 38.0 Å². The van der Waals surface area contributed by atoms with Gasteiger partial charge < -0.3 is 34.3 Å². The number of rotatable bonds is 13. The molecule has 2 fully saturated rings. The Morgan fingerprint density at radius 2 is 1.80 bits per heavy atom. The number of hydrogen-bond donors (Lipinski definition) is 3. The van der Waals surface area contributed by atoms with Gasteiger partial charge in [0.25, 0.3) is 0 Å². The lowest BCUT2D eigenvalue weighted by atomic mass is 10.1. The summed E-state index contributed by atoms with van der Waals surface area (Å²) in [6.07, 6.45) is -0.735. The van der Waals surface area contributed by atoms with Crippen LogP contribution >= 0.6 is 19.2 Å². The highest BCUT2D eigenvalue weighted by atomic mass is 35.5. The number of nitrogens with zero attached hydrogens (tertiary/aromatic N) is 3. The number of hydrogen-bond acceptors (Lipinski definition) is 15. The van der Waals surface area contributed by atoms with Gasteiger partial charge in [0.15, 0.2) is 26.7 Å². The van der Waals surface area contributed by atoms with Crippen molar-refractivity contribution in [3.63, 3.8) is 0 Å². The largest absolute Gasteiger partial charge is 0.438 e. The summed E-state index contributed by atoms with van der Waals surface area (Å²) in [6.45, 7) is 0.260. The lowest BCUT2D eigenvalue weighted by Gasteiger charge is -2.20. The van der Waals surface area contributed by atoms with Crippen molar-refractivity contribution in [1.29, 1.82) is 5.26 Å². The molecule has 1 aliphatic carbocycles. The molecule has 2 aromatic heterocycles. The Morgan fingerprint density at radius 3 is 2.36 bits per heavy atom. The molecule has 0 unspecified atom stereocenters. The number of aliphatic hydroxyl groups is 2. The van der Waals surface area contributed by atoms with Crippen LogP contribution in [0.3, 0.4) is 0 Å². The second-order valence-corrected chi connectivity index (χ2v) is 15.3. The highest BCUT2D eigenvalue weighted by molar-refractivity contribution is 7.97. The minimum absolute atomic E-state index is 0.0918. The number of ether oxygens (including phenoxy) is 3. The summed E-state index contributed by atoms with van der Waals surface area (Å²) >= 11 is 6.35. The number of esters is 2. The van der Waals surface area contributed by atoms with Gasteiger partial charge in [-0.05, 0) is 18.9 Å². The fraction of sp³-hybridized carbons (Fsp3) is 0.600. The molecule has 1 aliphatic heterocycles. The Morgan fingerprint density at radius 1 is 1.18 bits per heavy atom. The normalized spacial score (nSPS) is 22.6. The minimum Gasteiger partial charge on any atom is -0.438 e. The molecular formula is C25H32ClN4O12PS. The molecule has 0 bridgehead atoms. The summed E-state index contributed by atoms with van der Waals surface area (Å²) in [5, 5.41) is 35.1. The molecule has 4 atom stereocenters. The van der Waals surface area contributed by atoms with E-state index < -0.39 is 78.7 Å². The Balaban J connectivity index is 1.54. The van der Waals surface area contributed by atoms with Gasteiger partial charge in [-0.3, -0.25) is 23.2 Å². The monoisotopic (exact) mass is 678 g/mol. The quantitative estimate of drug-likeness (QED) is 0.119. The van der Waals surface area contributed by atoms with E-state index in [-0.39, 0.29) is 22.4 Å². The molecule has 0 aromatic carbocycles. The van der Waals surface area contributed by atoms with E-state index in [1.54, 1.807) is 6.07 Å². The van der Waals surface area contributed by atoms with Crippen molar-refractivity contribution >= 4 is 57.7 Å². The maximum absolute atomic E-state index is 13.1. The predicted octanol–water partition coefficient (Wildman–Crippen LogP) is 2.17. The Labute approximate surface area is 257 Å². The number of aliphatic hydroxyl groups excluding tert-OH is 2. The van der Waals surface area contributed by atoms with Gasteiger partial charge in [0.2, 0.25) is 13.6 Å². The van der Waals surface area contributed by atoms with Crippen molar-refractivity contribution in [2.24, 2.45) is 0 Å². The van der Waals surface area contributed by atoms with Crippen LogP contribution in [0.25, 0.3) is 11.0 Å². The maximum Gasteiger partial charge on any atom is 0.351 e. The summed E-state index contributed by atoms with van der Waals surface area (Å²) in [5.41, 5.74) is -0.417. The average Bonchev–Trinajstić information content (AvgIpc) is 3.64. The first kappa shape index (κ1) is 34.1. The van der Waals surface area contributed by atoms with E-state index in [1.807, 2.05) is 0 Å². The summed E-state index contributed by atoms with van der Waals surface area (Å²) in [4.78, 5) is 26.4. The lowest BCUT2D eigenvalue weighted by Crippen LogP contribution is -2.36. The van der Waals surface area contributed by atoms with E-state index in [2.05, 4.69) is 25.8 Å². The van der Waals surface area contributed by atoms with Crippen molar-refractivity contribution in [3.8, 4) is 6.07 Å². The van der Waals surface area contributed by atoms with Crippen LogP contribution in [-0.4, -0.2) is 89.3 Å². The second kappa shape index (κ2) is 14.1. The minimum atomic E-state index is -4.58. The molecule has 0 radical (unpaired) electrons. The molecule has 0 spiro atoms. The van der Waals surface area contributed by atoms with Gasteiger partial charge in [-0.1, -0.05) is 24.4 Å². The zero-order valence-corrected chi connectivity index (χ0v) is 26.2. The Kier molecular flexibility index (Phi) is 10.9. The van der Waals surface area contributed by atoms with Crippen LogP contribution < -0.4 is 5.32 Å². The number of halogens is 1. The van der Waals surface area contributed by atoms with Gasteiger partial charge in [0, 0.05) is 31.5 Å². The van der Waals surface area contributed by atoms with Crippen molar-refractivity contribution in [1.82, 2.24) is 9.55 Å². The maximum atomic E-state index is 13.1. The predicted molar refractivity (Wildman–Crippen MR) is 153 cm³/mol. The lowest BCUT2D eigenvalue weighted by molar-refractivity contribution is -0.149. The number of nitriles is 1. The smallest absolute Gasteiger partial charge is 0.351 e. The highest BCUT2D eigenvalue weighted by Crippen LogP contribution is 2.50. The van der Waals surface area contributed by atoms with E-state index in [4.69, 9.17) is 25.4 Å². The summed E-state index contributed by atoms with van der Waals surface area (Å²) < 4.78 is 65.4. The number of carbonyl (C=O) groups excluding carboxylic acids is 2. The molecule has 19 heteroatoms. The molecule has 1 saturated heterocycles. The van der Waals surface area contributed by atoms with Crippen molar-refractivity contribution in [2.45, 2.75) is 70.1 Å².